The molecule has 1 aromatic carbocycles. The van der Waals surface area contributed by atoms with E-state index in [9.17, 15) is 4.39 Å². The third-order valence-corrected chi connectivity index (χ3v) is 2.73. The van der Waals surface area contributed by atoms with Crippen LogP contribution >= 0.6 is 0 Å². The molecular weight excluding hydrogens is 217 g/mol. The number of nitrogens with zero attached hydrogens (tertiary/aromatic N) is 3. The number of benzene rings is 1. The number of hydrogen-bond donors (Lipinski definition) is 0. The van der Waals surface area contributed by atoms with Crippen LogP contribution in [0.25, 0.3) is 22.3 Å². The summed E-state index contributed by atoms with van der Waals surface area (Å²) >= 11 is 0. The zero-order valence-electron chi connectivity index (χ0n) is 9.26. The summed E-state index contributed by atoms with van der Waals surface area (Å²) in [6, 6.07) is 6.55. The topological polar surface area (TPSA) is 30.7 Å². The second kappa shape index (κ2) is 3.66. The molecule has 4 heteroatoms. The fourth-order valence-corrected chi connectivity index (χ4v) is 1.86. The maximum Gasteiger partial charge on any atom is 0.141 e. The van der Waals surface area contributed by atoms with Crippen molar-refractivity contribution in [3.63, 3.8) is 0 Å². The van der Waals surface area contributed by atoms with Crippen molar-refractivity contribution in [2.24, 2.45) is 7.05 Å². The number of aryl methyl sites for hydroxylation is 1. The first-order valence-electron chi connectivity index (χ1n) is 5.27. The van der Waals surface area contributed by atoms with Gasteiger partial charge in [0, 0.05) is 42.7 Å². The molecule has 0 saturated carbocycles. The van der Waals surface area contributed by atoms with Crippen LogP contribution in [0, 0.1) is 5.82 Å². The number of hydrogen-bond acceptors (Lipinski definition) is 2. The number of pyridine rings is 1. The SMILES string of the molecule is Cn1ccnc1-c1cnc2cc(F)ccc2c1. The molecule has 17 heavy (non-hydrogen) atoms. The highest BCUT2D eigenvalue weighted by Gasteiger charge is 2.05. The predicted molar refractivity (Wildman–Crippen MR) is 63.9 cm³/mol. The molecule has 0 N–H and O–H groups in total. The van der Waals surface area contributed by atoms with Crippen LogP contribution in [0.5, 0.6) is 0 Å². The lowest BCUT2D eigenvalue weighted by atomic mass is 10.1. The minimum atomic E-state index is -0.269. The van der Waals surface area contributed by atoms with Gasteiger partial charge in [0.1, 0.15) is 11.6 Å². The smallest absolute Gasteiger partial charge is 0.141 e. The molecule has 0 radical (unpaired) electrons. The van der Waals surface area contributed by atoms with Crippen LogP contribution in [0.3, 0.4) is 0 Å². The van der Waals surface area contributed by atoms with Crippen molar-refractivity contribution in [2.45, 2.75) is 0 Å². The van der Waals surface area contributed by atoms with Gasteiger partial charge in [0.25, 0.3) is 0 Å². The first kappa shape index (κ1) is 9.96. The van der Waals surface area contributed by atoms with Crippen molar-refractivity contribution < 1.29 is 4.39 Å². The lowest BCUT2D eigenvalue weighted by molar-refractivity contribution is 0.629. The largest absolute Gasteiger partial charge is 0.334 e. The summed E-state index contributed by atoms with van der Waals surface area (Å²) in [6.45, 7) is 0. The molecule has 0 aliphatic heterocycles. The van der Waals surface area contributed by atoms with E-state index in [-0.39, 0.29) is 5.82 Å². The van der Waals surface area contributed by atoms with Gasteiger partial charge >= 0.3 is 0 Å². The maximum atomic E-state index is 13.0. The second-order valence-corrected chi connectivity index (χ2v) is 3.92. The Balaban J connectivity index is 2.20. The molecule has 0 aliphatic carbocycles. The van der Waals surface area contributed by atoms with Gasteiger partial charge in [0.15, 0.2) is 0 Å². The summed E-state index contributed by atoms with van der Waals surface area (Å²) in [5.74, 6) is 0.582. The quantitative estimate of drug-likeness (QED) is 0.640. The molecule has 3 aromatic rings. The molecule has 3 nitrogen and oxygen atoms in total. The Morgan fingerprint density at radius 3 is 2.82 bits per heavy atom. The summed E-state index contributed by atoms with van der Waals surface area (Å²) in [4.78, 5) is 8.51. The Kier molecular flexibility index (Phi) is 2.14. The predicted octanol–water partition coefficient (Wildman–Crippen LogP) is 2.77. The van der Waals surface area contributed by atoms with Crippen LogP contribution in [-0.2, 0) is 7.05 Å². The third kappa shape index (κ3) is 1.67. The van der Waals surface area contributed by atoms with Gasteiger partial charge in [-0.3, -0.25) is 4.98 Å². The highest BCUT2D eigenvalue weighted by atomic mass is 19.1. The minimum absolute atomic E-state index is 0.269. The zero-order chi connectivity index (χ0) is 11.8. The summed E-state index contributed by atoms with van der Waals surface area (Å²) in [5.41, 5.74) is 1.58. The van der Waals surface area contributed by atoms with Gasteiger partial charge in [-0.1, -0.05) is 0 Å². The van der Waals surface area contributed by atoms with Crippen LogP contribution in [-0.4, -0.2) is 14.5 Å². The van der Waals surface area contributed by atoms with Crippen LogP contribution in [0.15, 0.2) is 42.9 Å². The van der Waals surface area contributed by atoms with Crippen LogP contribution in [0.1, 0.15) is 0 Å². The van der Waals surface area contributed by atoms with Crippen LogP contribution < -0.4 is 0 Å². The van der Waals surface area contributed by atoms with Crippen molar-refractivity contribution in [2.75, 3.05) is 0 Å². The van der Waals surface area contributed by atoms with E-state index in [2.05, 4.69) is 9.97 Å². The summed E-state index contributed by atoms with van der Waals surface area (Å²) in [5, 5.41) is 0.909. The zero-order valence-corrected chi connectivity index (χ0v) is 9.26. The number of aromatic nitrogens is 3. The summed E-state index contributed by atoms with van der Waals surface area (Å²) < 4.78 is 14.9. The molecule has 3 rings (SSSR count). The Morgan fingerprint density at radius 2 is 2.06 bits per heavy atom. The molecular formula is C13H10FN3. The van der Waals surface area contributed by atoms with E-state index in [4.69, 9.17) is 0 Å². The van der Waals surface area contributed by atoms with Crippen molar-refractivity contribution in [1.82, 2.24) is 14.5 Å². The van der Waals surface area contributed by atoms with E-state index < -0.39 is 0 Å². The number of rotatable bonds is 1. The van der Waals surface area contributed by atoms with Crippen molar-refractivity contribution >= 4 is 10.9 Å². The lowest BCUT2D eigenvalue weighted by Crippen LogP contribution is -1.92. The van der Waals surface area contributed by atoms with Gasteiger partial charge in [0.05, 0.1) is 5.52 Å². The number of imidazole rings is 1. The average molecular weight is 227 g/mol. The van der Waals surface area contributed by atoms with E-state index >= 15 is 0 Å². The third-order valence-electron chi connectivity index (χ3n) is 2.73. The van der Waals surface area contributed by atoms with Crippen LogP contribution in [0.4, 0.5) is 4.39 Å². The Labute approximate surface area is 97.6 Å². The monoisotopic (exact) mass is 227 g/mol. The number of halogens is 1. The molecule has 0 fully saturated rings. The molecule has 0 atom stereocenters. The van der Waals surface area contributed by atoms with Crippen molar-refractivity contribution in [1.29, 1.82) is 0 Å². The Hall–Kier alpha value is -2.23. The van der Waals surface area contributed by atoms with Gasteiger partial charge in [-0.15, -0.1) is 0 Å². The lowest BCUT2D eigenvalue weighted by Gasteiger charge is -2.03. The Morgan fingerprint density at radius 1 is 1.18 bits per heavy atom. The van der Waals surface area contributed by atoms with Crippen LogP contribution in [0.2, 0.25) is 0 Å². The van der Waals surface area contributed by atoms with Crippen molar-refractivity contribution in [3.05, 3.63) is 48.7 Å². The van der Waals surface area contributed by atoms with Gasteiger partial charge in [-0.2, -0.15) is 0 Å². The standard InChI is InChI=1S/C13H10FN3/c1-17-5-4-15-13(17)10-6-9-2-3-11(14)7-12(9)16-8-10/h2-8H,1H3. The maximum absolute atomic E-state index is 13.0. The van der Waals surface area contributed by atoms with E-state index in [0.29, 0.717) is 5.52 Å². The molecule has 2 aromatic heterocycles. The fraction of sp³-hybridized carbons (Fsp3) is 0.0769. The first-order chi connectivity index (χ1) is 8.24. The van der Waals surface area contributed by atoms with Gasteiger partial charge in [0.2, 0.25) is 0 Å². The molecule has 0 saturated heterocycles. The average Bonchev–Trinajstić information content (AvgIpc) is 2.75. The second-order valence-electron chi connectivity index (χ2n) is 3.92. The van der Waals surface area contributed by atoms with Crippen molar-refractivity contribution in [3.8, 4) is 11.4 Å². The molecule has 0 amide bonds. The van der Waals surface area contributed by atoms with Gasteiger partial charge in [-0.25, -0.2) is 9.37 Å². The Bertz CT molecular complexity index is 688. The molecule has 0 spiro atoms. The van der Waals surface area contributed by atoms with E-state index in [1.165, 1.54) is 12.1 Å². The fourth-order valence-electron chi connectivity index (χ4n) is 1.86. The van der Waals surface area contributed by atoms with E-state index in [1.807, 2.05) is 23.9 Å². The summed E-state index contributed by atoms with van der Waals surface area (Å²) in [7, 11) is 1.93. The molecule has 0 bridgehead atoms. The molecule has 0 unspecified atom stereocenters. The highest BCUT2D eigenvalue weighted by Crippen LogP contribution is 2.21. The van der Waals surface area contributed by atoms with Gasteiger partial charge < -0.3 is 4.57 Å². The van der Waals surface area contributed by atoms with E-state index in [0.717, 1.165) is 16.8 Å². The molecule has 0 aliphatic rings. The first-order valence-corrected chi connectivity index (χ1v) is 5.27. The number of fused-ring (bicyclic) bond motifs is 1. The normalized spacial score (nSPS) is 10.9. The highest BCUT2D eigenvalue weighted by molar-refractivity contribution is 5.82. The minimum Gasteiger partial charge on any atom is -0.334 e. The molecule has 2 heterocycles. The summed E-state index contributed by atoms with van der Waals surface area (Å²) in [6.07, 6.45) is 5.33. The molecule has 84 valence electrons. The van der Waals surface area contributed by atoms with E-state index in [1.54, 1.807) is 18.5 Å². The van der Waals surface area contributed by atoms with Gasteiger partial charge in [-0.05, 0) is 18.2 Å².